The molecule has 5 nitrogen and oxygen atoms in total. The van der Waals surface area contributed by atoms with Crippen molar-refractivity contribution >= 4 is 17.0 Å². The van der Waals surface area contributed by atoms with E-state index in [2.05, 4.69) is 29.7 Å². The molecule has 5 heteroatoms. The van der Waals surface area contributed by atoms with Crippen LogP contribution in [0, 0.1) is 6.92 Å². The lowest BCUT2D eigenvalue weighted by Crippen LogP contribution is -2.36. The quantitative estimate of drug-likeness (QED) is 0.819. The van der Waals surface area contributed by atoms with E-state index in [0.717, 1.165) is 19.6 Å². The summed E-state index contributed by atoms with van der Waals surface area (Å²) in [5.41, 5.74) is 5.11. The predicted octanol–water partition coefficient (Wildman–Crippen LogP) is 2.86. The Hall–Kier alpha value is -2.01. The summed E-state index contributed by atoms with van der Waals surface area (Å²) in [7, 11) is 0. The van der Waals surface area contributed by atoms with Crippen LogP contribution in [-0.2, 0) is 29.0 Å². The topological polar surface area (TPSA) is 47.0 Å². The molecule has 2 aliphatic rings. The number of rotatable bonds is 3. The highest BCUT2D eigenvalue weighted by Crippen LogP contribution is 2.33. The zero-order valence-electron chi connectivity index (χ0n) is 13.7. The van der Waals surface area contributed by atoms with Gasteiger partial charge in [0.15, 0.2) is 0 Å². The molecule has 0 spiro atoms. The maximum Gasteiger partial charge on any atom is 0.410 e. The summed E-state index contributed by atoms with van der Waals surface area (Å²) in [6, 6.07) is 6.58. The summed E-state index contributed by atoms with van der Waals surface area (Å²) < 4.78 is 13.0. The highest BCUT2D eigenvalue weighted by Gasteiger charge is 2.30. The van der Waals surface area contributed by atoms with E-state index < -0.39 is 0 Å². The van der Waals surface area contributed by atoms with Crippen molar-refractivity contribution in [1.29, 1.82) is 0 Å². The first-order valence-electron chi connectivity index (χ1n) is 8.31. The standard InChI is InChI=1S/C18H22N2O3/c1-3-22-18(21)19-7-6-17-15(10-19)14-8-12(2)4-5-16(14)20(17)9-13-11-23-13/h4-5,8,13H,3,6-7,9-11H2,1-2H3. The third-order valence-corrected chi connectivity index (χ3v) is 4.72. The summed E-state index contributed by atoms with van der Waals surface area (Å²) in [6.45, 7) is 7.49. The van der Waals surface area contributed by atoms with Gasteiger partial charge in [-0.3, -0.25) is 0 Å². The van der Waals surface area contributed by atoms with Crippen LogP contribution < -0.4 is 0 Å². The Morgan fingerprint density at radius 3 is 3.00 bits per heavy atom. The molecule has 0 bridgehead atoms. The first kappa shape index (κ1) is 14.6. The van der Waals surface area contributed by atoms with E-state index in [1.54, 1.807) is 0 Å². The molecular weight excluding hydrogens is 292 g/mol. The second-order valence-corrected chi connectivity index (χ2v) is 6.38. The third kappa shape index (κ3) is 2.59. The average Bonchev–Trinajstić information content (AvgIpc) is 3.32. The molecule has 3 heterocycles. The zero-order chi connectivity index (χ0) is 16.0. The molecule has 0 radical (unpaired) electrons. The number of aryl methyl sites for hydroxylation is 1. The normalized spacial score (nSPS) is 19.7. The SMILES string of the molecule is CCOC(=O)N1CCc2c(c3cc(C)ccc3n2CC2CO2)C1. The molecule has 0 saturated carbocycles. The summed E-state index contributed by atoms with van der Waals surface area (Å²) in [5, 5.41) is 1.26. The van der Waals surface area contributed by atoms with Gasteiger partial charge in [-0.15, -0.1) is 0 Å². The van der Waals surface area contributed by atoms with E-state index in [1.807, 2.05) is 11.8 Å². The molecule has 2 aliphatic heterocycles. The van der Waals surface area contributed by atoms with Gasteiger partial charge in [-0.2, -0.15) is 0 Å². The number of aromatic nitrogens is 1. The van der Waals surface area contributed by atoms with Crippen molar-refractivity contribution in [1.82, 2.24) is 9.47 Å². The average molecular weight is 314 g/mol. The predicted molar refractivity (Wildman–Crippen MR) is 87.6 cm³/mol. The van der Waals surface area contributed by atoms with Crippen molar-refractivity contribution in [3.63, 3.8) is 0 Å². The Balaban J connectivity index is 1.76. The van der Waals surface area contributed by atoms with Crippen molar-refractivity contribution < 1.29 is 14.3 Å². The summed E-state index contributed by atoms with van der Waals surface area (Å²) >= 11 is 0. The van der Waals surface area contributed by atoms with Gasteiger partial charge < -0.3 is 18.9 Å². The summed E-state index contributed by atoms with van der Waals surface area (Å²) in [6.07, 6.45) is 1.01. The van der Waals surface area contributed by atoms with Gasteiger partial charge in [0.2, 0.25) is 0 Å². The van der Waals surface area contributed by atoms with E-state index in [-0.39, 0.29) is 6.09 Å². The van der Waals surface area contributed by atoms with E-state index in [0.29, 0.717) is 25.8 Å². The second kappa shape index (κ2) is 5.57. The van der Waals surface area contributed by atoms with Crippen LogP contribution >= 0.6 is 0 Å². The van der Waals surface area contributed by atoms with Crippen LogP contribution in [0.25, 0.3) is 10.9 Å². The molecule has 2 aromatic rings. The minimum absolute atomic E-state index is 0.211. The molecule has 1 aromatic heterocycles. The fourth-order valence-electron chi connectivity index (χ4n) is 3.52. The second-order valence-electron chi connectivity index (χ2n) is 6.38. The van der Waals surface area contributed by atoms with Gasteiger partial charge in [0.25, 0.3) is 0 Å². The van der Waals surface area contributed by atoms with Gasteiger partial charge in [0.1, 0.15) is 0 Å². The Morgan fingerprint density at radius 1 is 1.43 bits per heavy atom. The molecule has 23 heavy (non-hydrogen) atoms. The number of amides is 1. The number of epoxide rings is 1. The molecule has 1 aromatic carbocycles. The Kier molecular flexibility index (Phi) is 3.53. The number of hydrogen-bond acceptors (Lipinski definition) is 3. The lowest BCUT2D eigenvalue weighted by molar-refractivity contribution is 0.102. The van der Waals surface area contributed by atoms with Crippen LogP contribution in [0.2, 0.25) is 0 Å². The summed E-state index contributed by atoms with van der Waals surface area (Å²) in [4.78, 5) is 13.9. The highest BCUT2D eigenvalue weighted by atomic mass is 16.6. The minimum atomic E-state index is -0.211. The Morgan fingerprint density at radius 2 is 2.26 bits per heavy atom. The minimum Gasteiger partial charge on any atom is -0.450 e. The zero-order valence-corrected chi connectivity index (χ0v) is 13.7. The van der Waals surface area contributed by atoms with Crippen LogP contribution in [0.15, 0.2) is 18.2 Å². The number of carbonyl (C=O) groups excluding carboxylic acids is 1. The van der Waals surface area contributed by atoms with Crippen molar-refractivity contribution in [2.24, 2.45) is 0 Å². The van der Waals surface area contributed by atoms with Crippen LogP contribution in [0.5, 0.6) is 0 Å². The number of ether oxygens (including phenoxy) is 2. The molecule has 1 atom stereocenters. The molecule has 4 rings (SSSR count). The van der Waals surface area contributed by atoms with Gasteiger partial charge in [0.05, 0.1) is 32.4 Å². The lowest BCUT2D eigenvalue weighted by Gasteiger charge is -2.27. The fourth-order valence-corrected chi connectivity index (χ4v) is 3.52. The fraction of sp³-hybridized carbons (Fsp3) is 0.500. The van der Waals surface area contributed by atoms with Gasteiger partial charge in [0, 0.05) is 35.1 Å². The van der Waals surface area contributed by atoms with Gasteiger partial charge in [-0.05, 0) is 26.0 Å². The molecule has 1 amide bonds. The van der Waals surface area contributed by atoms with Crippen molar-refractivity contribution in [3.8, 4) is 0 Å². The number of fused-ring (bicyclic) bond motifs is 3. The number of benzene rings is 1. The molecule has 0 N–H and O–H groups in total. The van der Waals surface area contributed by atoms with Gasteiger partial charge in [-0.25, -0.2) is 4.79 Å². The van der Waals surface area contributed by atoms with E-state index in [1.165, 1.54) is 27.7 Å². The lowest BCUT2D eigenvalue weighted by atomic mass is 10.0. The molecular formula is C18H22N2O3. The first-order valence-corrected chi connectivity index (χ1v) is 8.31. The van der Waals surface area contributed by atoms with Crippen molar-refractivity contribution in [2.75, 3.05) is 19.8 Å². The Bertz CT molecular complexity index is 761. The maximum atomic E-state index is 12.1. The van der Waals surface area contributed by atoms with Crippen LogP contribution in [0.1, 0.15) is 23.7 Å². The molecule has 1 unspecified atom stereocenters. The highest BCUT2D eigenvalue weighted by molar-refractivity contribution is 5.87. The van der Waals surface area contributed by atoms with E-state index >= 15 is 0 Å². The van der Waals surface area contributed by atoms with E-state index in [9.17, 15) is 4.79 Å². The van der Waals surface area contributed by atoms with Crippen molar-refractivity contribution in [2.45, 2.75) is 39.5 Å². The van der Waals surface area contributed by atoms with Crippen LogP contribution in [0.4, 0.5) is 4.79 Å². The maximum absolute atomic E-state index is 12.1. The summed E-state index contributed by atoms with van der Waals surface area (Å²) in [5.74, 6) is 0. The largest absolute Gasteiger partial charge is 0.450 e. The number of hydrogen-bond donors (Lipinski definition) is 0. The van der Waals surface area contributed by atoms with Crippen molar-refractivity contribution in [3.05, 3.63) is 35.0 Å². The molecule has 122 valence electrons. The van der Waals surface area contributed by atoms with Crippen LogP contribution in [-0.4, -0.2) is 41.4 Å². The number of nitrogens with zero attached hydrogens (tertiary/aromatic N) is 2. The monoisotopic (exact) mass is 314 g/mol. The number of carbonyl (C=O) groups is 1. The molecule has 0 aliphatic carbocycles. The third-order valence-electron chi connectivity index (χ3n) is 4.72. The Labute approximate surface area is 135 Å². The van der Waals surface area contributed by atoms with E-state index in [4.69, 9.17) is 9.47 Å². The first-order chi connectivity index (χ1) is 11.2. The smallest absolute Gasteiger partial charge is 0.410 e. The molecule has 1 saturated heterocycles. The molecule has 1 fully saturated rings. The van der Waals surface area contributed by atoms with Gasteiger partial charge >= 0.3 is 6.09 Å². The van der Waals surface area contributed by atoms with Crippen LogP contribution in [0.3, 0.4) is 0 Å². The van der Waals surface area contributed by atoms with Gasteiger partial charge in [-0.1, -0.05) is 11.6 Å².